The van der Waals surface area contributed by atoms with Gasteiger partial charge in [0.15, 0.2) is 6.23 Å². The van der Waals surface area contributed by atoms with E-state index in [-0.39, 0.29) is 0 Å². The second kappa shape index (κ2) is 5.25. The third kappa shape index (κ3) is 3.30. The summed E-state index contributed by atoms with van der Waals surface area (Å²) in [5.41, 5.74) is 0. The largest absolute Gasteiger partial charge is 0.370 e. The average molecular weight is 170 g/mol. The van der Waals surface area contributed by atoms with Crippen molar-refractivity contribution in [3.05, 3.63) is 0 Å². The van der Waals surface area contributed by atoms with Gasteiger partial charge in [0, 0.05) is 0 Å². The third-order valence-electron chi connectivity index (χ3n) is 2.30. The predicted octanol–water partition coefficient (Wildman–Crippen LogP) is 2.50. The van der Waals surface area contributed by atoms with Crippen LogP contribution in [0.3, 0.4) is 0 Å². The molecular formula is C9H18N2O. The van der Waals surface area contributed by atoms with Crippen molar-refractivity contribution in [3.63, 3.8) is 0 Å². The van der Waals surface area contributed by atoms with E-state index in [1.165, 1.54) is 19.3 Å². The Morgan fingerprint density at radius 2 is 2.00 bits per heavy atom. The topological polar surface area (TPSA) is 45.0 Å². The molecule has 0 aromatic carbocycles. The van der Waals surface area contributed by atoms with E-state index in [2.05, 4.69) is 10.2 Å². The van der Waals surface area contributed by atoms with Crippen molar-refractivity contribution in [2.24, 2.45) is 10.2 Å². The molecule has 0 aromatic heterocycles. The maximum absolute atomic E-state index is 9.13. The van der Waals surface area contributed by atoms with Gasteiger partial charge in [-0.25, -0.2) is 0 Å². The summed E-state index contributed by atoms with van der Waals surface area (Å²) < 4.78 is 0. The fraction of sp³-hybridized carbons (Fsp3) is 1.00. The molecule has 1 rings (SSSR count). The number of nitrogens with zero attached hydrogens (tertiary/aromatic N) is 2. The summed E-state index contributed by atoms with van der Waals surface area (Å²) in [5, 5.41) is 17.1. The highest BCUT2D eigenvalue weighted by Gasteiger charge is 2.11. The summed E-state index contributed by atoms with van der Waals surface area (Å²) in [5.74, 6) is 0. The van der Waals surface area contributed by atoms with E-state index in [1.54, 1.807) is 0 Å². The van der Waals surface area contributed by atoms with Crippen LogP contribution < -0.4 is 0 Å². The molecule has 0 spiro atoms. The van der Waals surface area contributed by atoms with Crippen LogP contribution in [0.2, 0.25) is 0 Å². The minimum atomic E-state index is -0.577. The van der Waals surface area contributed by atoms with Gasteiger partial charge >= 0.3 is 0 Å². The minimum absolute atomic E-state index is 0.389. The van der Waals surface area contributed by atoms with E-state index in [9.17, 15) is 0 Å². The Kier molecular flexibility index (Phi) is 4.22. The molecule has 1 aliphatic carbocycles. The molecule has 1 fully saturated rings. The van der Waals surface area contributed by atoms with Gasteiger partial charge in [0.2, 0.25) is 0 Å². The van der Waals surface area contributed by atoms with Crippen molar-refractivity contribution in [1.29, 1.82) is 0 Å². The van der Waals surface area contributed by atoms with Gasteiger partial charge in [0.05, 0.1) is 6.04 Å². The Bertz CT molecular complexity index is 141. The summed E-state index contributed by atoms with van der Waals surface area (Å²) >= 11 is 0. The van der Waals surface area contributed by atoms with E-state index in [1.807, 2.05) is 6.92 Å². The Morgan fingerprint density at radius 3 is 2.58 bits per heavy atom. The van der Waals surface area contributed by atoms with Gasteiger partial charge in [-0.1, -0.05) is 26.2 Å². The maximum atomic E-state index is 9.13. The third-order valence-corrected chi connectivity index (χ3v) is 2.30. The molecule has 3 heteroatoms. The summed E-state index contributed by atoms with van der Waals surface area (Å²) in [6, 6.07) is 0.389. The van der Waals surface area contributed by atoms with E-state index < -0.39 is 6.23 Å². The SMILES string of the molecule is CCC(O)N=NC1CCCCC1. The van der Waals surface area contributed by atoms with Crippen LogP contribution in [0.1, 0.15) is 45.4 Å². The summed E-state index contributed by atoms with van der Waals surface area (Å²) in [4.78, 5) is 0. The Hall–Kier alpha value is -0.440. The molecule has 1 atom stereocenters. The number of hydrogen-bond donors (Lipinski definition) is 1. The van der Waals surface area contributed by atoms with Crippen LogP contribution >= 0.6 is 0 Å². The van der Waals surface area contributed by atoms with Gasteiger partial charge in [0.1, 0.15) is 0 Å². The van der Waals surface area contributed by atoms with Crippen LogP contribution in [-0.4, -0.2) is 17.4 Å². The standard InChI is InChI=1S/C9H18N2O/c1-2-9(12)11-10-8-6-4-3-5-7-8/h8-9,12H,2-7H2,1H3. The Morgan fingerprint density at radius 1 is 1.33 bits per heavy atom. The second-order valence-corrected chi connectivity index (χ2v) is 3.41. The summed E-state index contributed by atoms with van der Waals surface area (Å²) in [6.45, 7) is 1.91. The predicted molar refractivity (Wildman–Crippen MR) is 48.0 cm³/mol. The molecule has 1 saturated carbocycles. The lowest BCUT2D eigenvalue weighted by Crippen LogP contribution is -2.10. The van der Waals surface area contributed by atoms with Crippen molar-refractivity contribution in [3.8, 4) is 0 Å². The van der Waals surface area contributed by atoms with E-state index in [0.29, 0.717) is 12.5 Å². The maximum Gasteiger partial charge on any atom is 0.165 e. The zero-order valence-corrected chi connectivity index (χ0v) is 7.74. The first-order valence-corrected chi connectivity index (χ1v) is 4.91. The van der Waals surface area contributed by atoms with Crippen molar-refractivity contribution in [2.75, 3.05) is 0 Å². The highest BCUT2D eigenvalue weighted by atomic mass is 16.3. The normalized spacial score (nSPS) is 23.2. The number of aliphatic hydroxyl groups excluding tert-OH is 1. The zero-order chi connectivity index (χ0) is 8.81. The first-order valence-electron chi connectivity index (χ1n) is 4.91. The number of aliphatic hydroxyl groups is 1. The van der Waals surface area contributed by atoms with Gasteiger partial charge in [-0.15, -0.1) is 0 Å². The van der Waals surface area contributed by atoms with E-state index in [0.717, 1.165) is 12.8 Å². The number of rotatable bonds is 3. The van der Waals surface area contributed by atoms with Crippen molar-refractivity contribution < 1.29 is 5.11 Å². The van der Waals surface area contributed by atoms with Crippen LogP contribution in [0.5, 0.6) is 0 Å². The highest BCUT2D eigenvalue weighted by Crippen LogP contribution is 2.20. The lowest BCUT2D eigenvalue weighted by molar-refractivity contribution is 0.168. The van der Waals surface area contributed by atoms with Crippen LogP contribution in [0.15, 0.2) is 10.2 Å². The van der Waals surface area contributed by atoms with Gasteiger partial charge in [0.25, 0.3) is 0 Å². The molecule has 3 nitrogen and oxygen atoms in total. The van der Waals surface area contributed by atoms with Crippen molar-refractivity contribution >= 4 is 0 Å². The first-order chi connectivity index (χ1) is 5.83. The highest BCUT2D eigenvalue weighted by molar-refractivity contribution is 4.69. The van der Waals surface area contributed by atoms with E-state index in [4.69, 9.17) is 5.11 Å². The van der Waals surface area contributed by atoms with Gasteiger partial charge in [-0.3, -0.25) is 0 Å². The molecule has 12 heavy (non-hydrogen) atoms. The smallest absolute Gasteiger partial charge is 0.165 e. The van der Waals surface area contributed by atoms with Crippen LogP contribution in [0, 0.1) is 0 Å². The number of hydrogen-bond acceptors (Lipinski definition) is 3. The molecule has 70 valence electrons. The molecule has 0 bridgehead atoms. The van der Waals surface area contributed by atoms with Crippen LogP contribution in [0.25, 0.3) is 0 Å². The zero-order valence-electron chi connectivity index (χ0n) is 7.74. The first kappa shape index (κ1) is 9.65. The molecule has 0 saturated heterocycles. The molecule has 0 radical (unpaired) electrons. The van der Waals surface area contributed by atoms with Crippen molar-refractivity contribution in [1.82, 2.24) is 0 Å². The average Bonchev–Trinajstić information content (AvgIpc) is 2.16. The fourth-order valence-electron chi connectivity index (χ4n) is 1.45. The lowest BCUT2D eigenvalue weighted by Gasteiger charge is -2.16. The Balaban J connectivity index is 2.23. The quantitative estimate of drug-likeness (QED) is 0.650. The summed E-state index contributed by atoms with van der Waals surface area (Å²) in [7, 11) is 0. The molecule has 1 aliphatic rings. The molecule has 1 N–H and O–H groups in total. The van der Waals surface area contributed by atoms with Gasteiger partial charge in [-0.2, -0.15) is 10.2 Å². The molecule has 0 amide bonds. The molecule has 1 unspecified atom stereocenters. The van der Waals surface area contributed by atoms with Crippen LogP contribution in [0.4, 0.5) is 0 Å². The monoisotopic (exact) mass is 170 g/mol. The molecular weight excluding hydrogens is 152 g/mol. The van der Waals surface area contributed by atoms with Gasteiger partial charge < -0.3 is 5.11 Å². The van der Waals surface area contributed by atoms with E-state index >= 15 is 0 Å². The van der Waals surface area contributed by atoms with Crippen LogP contribution in [-0.2, 0) is 0 Å². The summed E-state index contributed by atoms with van der Waals surface area (Å²) in [6.07, 6.45) is 6.27. The Labute approximate surface area is 73.9 Å². The second-order valence-electron chi connectivity index (χ2n) is 3.41. The fourth-order valence-corrected chi connectivity index (χ4v) is 1.45. The molecule has 0 aliphatic heterocycles. The van der Waals surface area contributed by atoms with Gasteiger partial charge in [-0.05, 0) is 19.3 Å². The number of azo groups is 1. The lowest BCUT2D eigenvalue weighted by atomic mass is 9.96. The molecule has 0 aromatic rings. The van der Waals surface area contributed by atoms with Crippen molar-refractivity contribution in [2.45, 2.75) is 57.7 Å². The minimum Gasteiger partial charge on any atom is -0.370 e. The molecule has 0 heterocycles.